The molecule has 2 rings (SSSR count). The molecule has 1 N–H and O–H groups in total. The summed E-state index contributed by atoms with van der Waals surface area (Å²) in [6.45, 7) is 3.49. The molecule has 76 valence electrons. The topological polar surface area (TPSA) is 47.0 Å². The molecule has 0 fully saturated rings. The number of ether oxygens (including phenoxy) is 1. The molecule has 1 aromatic rings. The molecule has 0 saturated heterocycles. The van der Waals surface area contributed by atoms with Crippen molar-refractivity contribution in [3.63, 3.8) is 0 Å². The maximum atomic E-state index is 6.04. The fourth-order valence-corrected chi connectivity index (χ4v) is 2.20. The number of rotatable bonds is 2. The van der Waals surface area contributed by atoms with Crippen molar-refractivity contribution in [1.82, 2.24) is 9.97 Å². The first-order valence-corrected chi connectivity index (χ1v) is 4.79. The van der Waals surface area contributed by atoms with E-state index < -0.39 is 0 Å². The molecule has 0 amide bonds. The average Bonchev–Trinajstić information content (AvgIpc) is 2.46. The number of halogens is 1. The van der Waals surface area contributed by atoms with Gasteiger partial charge in [-0.15, -0.1) is 0 Å². The van der Waals surface area contributed by atoms with Crippen molar-refractivity contribution in [3.8, 4) is 0 Å². The van der Waals surface area contributed by atoms with Gasteiger partial charge in [0.25, 0.3) is 0 Å². The molecular weight excluding hydrogens is 202 g/mol. The summed E-state index contributed by atoms with van der Waals surface area (Å²) >= 11 is 6.04. The van der Waals surface area contributed by atoms with E-state index in [2.05, 4.69) is 22.2 Å². The minimum atomic E-state index is -0.123. The summed E-state index contributed by atoms with van der Waals surface area (Å²) in [6.07, 6.45) is 1.46. The maximum Gasteiger partial charge on any atom is 0.138 e. The number of aromatic nitrogens is 2. The molecule has 4 nitrogen and oxygen atoms in total. The van der Waals surface area contributed by atoms with Gasteiger partial charge in [0.15, 0.2) is 0 Å². The van der Waals surface area contributed by atoms with Gasteiger partial charge in [0.05, 0.1) is 6.61 Å². The summed E-state index contributed by atoms with van der Waals surface area (Å²) < 4.78 is 5.19. The van der Waals surface area contributed by atoms with E-state index >= 15 is 0 Å². The highest BCUT2D eigenvalue weighted by Crippen LogP contribution is 2.38. The average molecular weight is 214 g/mol. The van der Waals surface area contributed by atoms with Gasteiger partial charge in [-0.2, -0.15) is 0 Å². The molecule has 2 heterocycles. The zero-order chi connectivity index (χ0) is 10.2. The Morgan fingerprint density at radius 3 is 3.14 bits per heavy atom. The highest BCUT2D eigenvalue weighted by atomic mass is 35.5. The number of fused-ring (bicyclic) bond motifs is 1. The minimum absolute atomic E-state index is 0.123. The first kappa shape index (κ1) is 9.68. The van der Waals surface area contributed by atoms with Crippen molar-refractivity contribution in [2.75, 3.05) is 25.6 Å². The molecule has 1 atom stereocenters. The fourth-order valence-electron chi connectivity index (χ4n) is 1.84. The van der Waals surface area contributed by atoms with Crippen LogP contribution in [0, 0.1) is 0 Å². The van der Waals surface area contributed by atoms with Crippen LogP contribution in [-0.2, 0) is 10.2 Å². The minimum Gasteiger partial charge on any atom is -0.384 e. The molecular formula is C9H12ClN3O. The van der Waals surface area contributed by atoms with Crippen LogP contribution in [0.1, 0.15) is 12.5 Å². The summed E-state index contributed by atoms with van der Waals surface area (Å²) in [5, 5.41) is 3.71. The van der Waals surface area contributed by atoms with Gasteiger partial charge in [-0.25, -0.2) is 9.97 Å². The fraction of sp³-hybridized carbons (Fsp3) is 0.556. The Labute approximate surface area is 87.7 Å². The molecule has 1 aliphatic rings. The third-order valence-corrected chi connectivity index (χ3v) is 2.80. The van der Waals surface area contributed by atoms with E-state index in [9.17, 15) is 0 Å². The van der Waals surface area contributed by atoms with E-state index in [1.165, 1.54) is 6.33 Å². The summed E-state index contributed by atoms with van der Waals surface area (Å²) in [5.41, 5.74) is 0.839. The number of anilines is 1. The van der Waals surface area contributed by atoms with Crippen LogP contribution in [0.4, 0.5) is 5.82 Å². The van der Waals surface area contributed by atoms with Gasteiger partial charge in [-0.3, -0.25) is 0 Å². The van der Waals surface area contributed by atoms with Crippen molar-refractivity contribution >= 4 is 17.4 Å². The van der Waals surface area contributed by atoms with Crippen LogP contribution < -0.4 is 5.32 Å². The Morgan fingerprint density at radius 1 is 1.64 bits per heavy atom. The van der Waals surface area contributed by atoms with Gasteiger partial charge in [-0.05, 0) is 0 Å². The lowest BCUT2D eigenvalue weighted by molar-refractivity contribution is 0.147. The molecule has 0 aliphatic carbocycles. The Morgan fingerprint density at radius 2 is 2.43 bits per heavy atom. The van der Waals surface area contributed by atoms with E-state index in [1.54, 1.807) is 7.11 Å². The number of hydrogen-bond donors (Lipinski definition) is 1. The molecule has 0 spiro atoms. The molecule has 14 heavy (non-hydrogen) atoms. The second-order valence-electron chi connectivity index (χ2n) is 3.74. The van der Waals surface area contributed by atoms with E-state index in [1.807, 2.05) is 0 Å². The van der Waals surface area contributed by atoms with Gasteiger partial charge in [0.1, 0.15) is 17.3 Å². The number of nitrogens with one attached hydrogen (secondary N) is 1. The molecule has 1 unspecified atom stereocenters. The van der Waals surface area contributed by atoms with Crippen LogP contribution in [-0.4, -0.2) is 30.2 Å². The van der Waals surface area contributed by atoms with Gasteiger partial charge in [-0.1, -0.05) is 18.5 Å². The van der Waals surface area contributed by atoms with Crippen LogP contribution >= 0.6 is 11.6 Å². The highest BCUT2D eigenvalue weighted by Gasteiger charge is 2.38. The quantitative estimate of drug-likeness (QED) is 0.756. The van der Waals surface area contributed by atoms with Gasteiger partial charge in [0.2, 0.25) is 0 Å². The SMILES string of the molecule is COCC1(C)CNc2ncnc(Cl)c21. The predicted molar refractivity (Wildman–Crippen MR) is 54.8 cm³/mol. The Balaban J connectivity index is 2.47. The predicted octanol–water partition coefficient (Wildman–Crippen LogP) is 1.46. The zero-order valence-electron chi connectivity index (χ0n) is 8.17. The van der Waals surface area contributed by atoms with E-state index in [-0.39, 0.29) is 5.41 Å². The Bertz CT molecular complexity index is 354. The van der Waals surface area contributed by atoms with Crippen LogP contribution in [0.15, 0.2) is 6.33 Å². The van der Waals surface area contributed by atoms with Crippen LogP contribution in [0.25, 0.3) is 0 Å². The van der Waals surface area contributed by atoms with E-state index in [0.29, 0.717) is 11.8 Å². The first-order valence-electron chi connectivity index (χ1n) is 4.41. The second-order valence-corrected chi connectivity index (χ2v) is 4.09. The molecule has 0 aromatic carbocycles. The normalized spacial score (nSPS) is 24.5. The summed E-state index contributed by atoms with van der Waals surface area (Å²) in [5.74, 6) is 0.824. The van der Waals surface area contributed by atoms with Crippen LogP contribution in [0.2, 0.25) is 5.15 Å². The smallest absolute Gasteiger partial charge is 0.138 e. The summed E-state index contributed by atoms with van der Waals surface area (Å²) in [6, 6.07) is 0. The Hall–Kier alpha value is -0.870. The summed E-state index contributed by atoms with van der Waals surface area (Å²) in [7, 11) is 1.68. The van der Waals surface area contributed by atoms with Gasteiger partial charge in [0, 0.05) is 24.6 Å². The van der Waals surface area contributed by atoms with Gasteiger partial charge >= 0.3 is 0 Å². The monoisotopic (exact) mass is 213 g/mol. The van der Waals surface area contributed by atoms with Crippen molar-refractivity contribution < 1.29 is 4.74 Å². The summed E-state index contributed by atoms with van der Waals surface area (Å²) in [4.78, 5) is 8.12. The van der Waals surface area contributed by atoms with Crippen molar-refractivity contribution in [1.29, 1.82) is 0 Å². The van der Waals surface area contributed by atoms with Crippen LogP contribution in [0.5, 0.6) is 0 Å². The lowest BCUT2D eigenvalue weighted by Gasteiger charge is -2.22. The molecule has 0 bridgehead atoms. The van der Waals surface area contributed by atoms with Crippen molar-refractivity contribution in [2.45, 2.75) is 12.3 Å². The molecule has 1 aliphatic heterocycles. The highest BCUT2D eigenvalue weighted by molar-refractivity contribution is 6.30. The van der Waals surface area contributed by atoms with E-state index in [4.69, 9.17) is 16.3 Å². The number of methoxy groups -OCH3 is 1. The lowest BCUT2D eigenvalue weighted by Crippen LogP contribution is -2.30. The van der Waals surface area contributed by atoms with Crippen LogP contribution in [0.3, 0.4) is 0 Å². The van der Waals surface area contributed by atoms with Crippen molar-refractivity contribution in [2.24, 2.45) is 0 Å². The number of hydrogen-bond acceptors (Lipinski definition) is 4. The standard InChI is InChI=1S/C9H12ClN3O/c1-9(4-14-2)3-11-8-6(9)7(10)12-5-13-8/h5H,3-4H2,1-2H3,(H,11,12,13). The molecule has 5 heteroatoms. The maximum absolute atomic E-state index is 6.04. The van der Waals surface area contributed by atoms with Gasteiger partial charge < -0.3 is 10.1 Å². The van der Waals surface area contributed by atoms with E-state index in [0.717, 1.165) is 17.9 Å². The molecule has 0 radical (unpaired) electrons. The molecule has 0 saturated carbocycles. The second kappa shape index (κ2) is 3.37. The third kappa shape index (κ3) is 1.35. The number of nitrogens with zero attached hydrogens (tertiary/aromatic N) is 2. The first-order chi connectivity index (χ1) is 6.67. The largest absolute Gasteiger partial charge is 0.384 e. The third-order valence-electron chi connectivity index (χ3n) is 2.51. The lowest BCUT2D eigenvalue weighted by atomic mass is 9.87. The van der Waals surface area contributed by atoms with Crippen molar-refractivity contribution in [3.05, 3.63) is 17.0 Å². The zero-order valence-corrected chi connectivity index (χ0v) is 8.93. The Kier molecular flexibility index (Phi) is 2.33. The molecule has 1 aromatic heterocycles.